The van der Waals surface area contributed by atoms with Crippen molar-refractivity contribution in [3.8, 4) is 5.69 Å². The molecule has 1 aliphatic heterocycles. The molecule has 2 bridgehead atoms. The van der Waals surface area contributed by atoms with Crippen molar-refractivity contribution in [2.75, 3.05) is 11.4 Å². The minimum Gasteiger partial charge on any atom is -0.478 e. The number of fused-ring (bicyclic) bond motifs is 2. The van der Waals surface area contributed by atoms with Crippen molar-refractivity contribution in [2.24, 2.45) is 5.92 Å². The number of hydrogen-bond donors (Lipinski definition) is 1. The second kappa shape index (κ2) is 8.76. The summed E-state index contributed by atoms with van der Waals surface area (Å²) in [4.78, 5) is 13.3. The number of carboxylic acid groups (broad SMARTS) is 1. The number of halogens is 3. The summed E-state index contributed by atoms with van der Waals surface area (Å²) in [5, 5.41) is 18.9. The van der Waals surface area contributed by atoms with E-state index >= 15 is 0 Å². The van der Waals surface area contributed by atoms with E-state index in [0.717, 1.165) is 43.6 Å². The molecule has 0 spiro atoms. The van der Waals surface area contributed by atoms with Gasteiger partial charge in [0, 0.05) is 30.1 Å². The summed E-state index contributed by atoms with van der Waals surface area (Å²) in [7, 11) is 0. The van der Waals surface area contributed by atoms with Crippen LogP contribution in [-0.2, 0) is 11.3 Å². The highest BCUT2D eigenvalue weighted by Gasteiger charge is 2.46. The molecule has 0 amide bonds. The number of para-hydroxylation sites is 1. The first-order valence-corrected chi connectivity index (χ1v) is 12.5. The van der Waals surface area contributed by atoms with Gasteiger partial charge in [0.15, 0.2) is 0 Å². The fourth-order valence-electron chi connectivity index (χ4n) is 5.46. The molecule has 1 N–H and O–H groups in total. The van der Waals surface area contributed by atoms with E-state index in [9.17, 15) is 9.18 Å². The predicted octanol–water partition coefficient (Wildman–Crippen LogP) is 5.47. The van der Waals surface area contributed by atoms with Crippen LogP contribution >= 0.6 is 23.2 Å². The van der Waals surface area contributed by atoms with E-state index in [4.69, 9.17) is 33.0 Å². The van der Waals surface area contributed by atoms with Crippen LogP contribution in [0.15, 0.2) is 36.4 Å². The molecule has 1 saturated heterocycles. The zero-order valence-electron chi connectivity index (χ0n) is 18.7. The molecule has 7 nitrogen and oxygen atoms in total. The maximum Gasteiger partial charge on any atom is 0.338 e. The van der Waals surface area contributed by atoms with Crippen molar-refractivity contribution in [1.82, 2.24) is 15.0 Å². The van der Waals surface area contributed by atoms with E-state index in [1.165, 1.54) is 12.1 Å². The summed E-state index contributed by atoms with van der Waals surface area (Å²) in [6.45, 7) is 1.10. The Kier molecular flexibility index (Phi) is 5.70. The number of piperidine rings is 1. The Morgan fingerprint density at radius 2 is 1.94 bits per heavy atom. The number of nitrogens with zero attached hydrogens (tertiary/aromatic N) is 4. The molecule has 1 aromatic heterocycles. The van der Waals surface area contributed by atoms with Gasteiger partial charge in [-0.2, -0.15) is 0 Å². The smallest absolute Gasteiger partial charge is 0.338 e. The van der Waals surface area contributed by atoms with Gasteiger partial charge < -0.3 is 14.7 Å². The Hall–Kier alpha value is -2.68. The number of aromatic carboxylic acids is 1. The number of carbonyl (C=O) groups is 1. The molecule has 3 aliphatic rings. The Labute approximate surface area is 211 Å². The molecule has 2 saturated carbocycles. The van der Waals surface area contributed by atoms with E-state index in [1.54, 1.807) is 28.9 Å². The highest BCUT2D eigenvalue weighted by molar-refractivity contribution is 6.37. The van der Waals surface area contributed by atoms with Gasteiger partial charge in [-0.3, -0.25) is 0 Å². The molecule has 0 unspecified atom stereocenters. The van der Waals surface area contributed by atoms with E-state index < -0.39 is 11.8 Å². The lowest BCUT2D eigenvalue weighted by atomic mass is 10.0. The van der Waals surface area contributed by atoms with Gasteiger partial charge in [0.1, 0.15) is 11.5 Å². The molecule has 2 aromatic carbocycles. The Bertz CT molecular complexity index is 1290. The Morgan fingerprint density at radius 1 is 1.17 bits per heavy atom. The van der Waals surface area contributed by atoms with Gasteiger partial charge in [0.05, 0.1) is 39.7 Å². The van der Waals surface area contributed by atoms with E-state index in [-0.39, 0.29) is 17.7 Å². The van der Waals surface area contributed by atoms with Crippen molar-refractivity contribution in [3.63, 3.8) is 0 Å². The van der Waals surface area contributed by atoms with Crippen molar-refractivity contribution >= 4 is 34.9 Å². The van der Waals surface area contributed by atoms with Gasteiger partial charge in [-0.1, -0.05) is 34.5 Å². The number of ether oxygens (including phenoxy) is 1. The second-order valence-electron chi connectivity index (χ2n) is 9.53. The van der Waals surface area contributed by atoms with E-state index in [1.807, 2.05) is 0 Å². The minimum atomic E-state index is -1.26. The standard InChI is InChI=1S/C25H23Cl2FN4O3/c26-18-2-1-3-19(27)24(18)32-21(23(29-30-32)13-4-5-13)12-35-22-10-16-8-14(22)11-31(16)15-6-7-17(25(33)34)20(28)9-15/h1-3,6-7,9,13-14,16,22H,4-5,8,10-12H2,(H,33,34)/t14-,16-,22+/m0/s1. The molecule has 6 rings (SSSR count). The first-order valence-electron chi connectivity index (χ1n) is 11.7. The number of rotatable bonds is 7. The second-order valence-corrected chi connectivity index (χ2v) is 10.3. The Morgan fingerprint density at radius 3 is 2.57 bits per heavy atom. The van der Waals surface area contributed by atoms with Crippen LogP contribution in [-0.4, -0.2) is 44.8 Å². The molecule has 35 heavy (non-hydrogen) atoms. The summed E-state index contributed by atoms with van der Waals surface area (Å²) in [6.07, 6.45) is 4.01. The van der Waals surface area contributed by atoms with Crippen LogP contribution in [0.5, 0.6) is 0 Å². The largest absolute Gasteiger partial charge is 0.478 e. The number of aromatic nitrogens is 3. The predicted molar refractivity (Wildman–Crippen MR) is 129 cm³/mol. The molecular weight excluding hydrogens is 494 g/mol. The molecule has 182 valence electrons. The maximum absolute atomic E-state index is 14.2. The third-order valence-electron chi connectivity index (χ3n) is 7.33. The number of benzene rings is 2. The molecule has 2 heterocycles. The van der Waals surface area contributed by atoms with Gasteiger partial charge in [0.25, 0.3) is 0 Å². The van der Waals surface area contributed by atoms with Crippen molar-refractivity contribution in [2.45, 2.75) is 50.4 Å². The maximum atomic E-state index is 14.2. The molecular formula is C25H23Cl2FN4O3. The van der Waals surface area contributed by atoms with Gasteiger partial charge in [0.2, 0.25) is 0 Å². The summed E-state index contributed by atoms with van der Waals surface area (Å²) >= 11 is 12.9. The Balaban J connectivity index is 1.18. The molecule has 0 radical (unpaired) electrons. The van der Waals surface area contributed by atoms with Gasteiger partial charge in [-0.05, 0) is 56.0 Å². The van der Waals surface area contributed by atoms with Crippen molar-refractivity contribution in [3.05, 3.63) is 69.2 Å². The van der Waals surface area contributed by atoms with Crippen LogP contribution in [0.25, 0.3) is 5.69 Å². The van der Waals surface area contributed by atoms with Crippen molar-refractivity contribution < 1.29 is 19.0 Å². The van der Waals surface area contributed by atoms with Crippen LogP contribution < -0.4 is 4.90 Å². The SMILES string of the molecule is O=C(O)c1ccc(N2C[C@@H]3C[C@H]2C[C@H]3OCc2c(C3CC3)nnn2-c2c(Cl)cccc2Cl)cc1F. The molecule has 2 aliphatic carbocycles. The lowest BCUT2D eigenvalue weighted by molar-refractivity contribution is 0.00991. The van der Waals surface area contributed by atoms with E-state index in [0.29, 0.717) is 39.9 Å². The van der Waals surface area contributed by atoms with Gasteiger partial charge in [-0.25, -0.2) is 13.9 Å². The molecule has 3 aromatic rings. The average Bonchev–Trinajstić information content (AvgIpc) is 3.28. The number of carboxylic acids is 1. The molecule has 3 atom stereocenters. The number of hydrogen-bond acceptors (Lipinski definition) is 5. The lowest BCUT2D eigenvalue weighted by Crippen LogP contribution is -2.38. The zero-order valence-corrected chi connectivity index (χ0v) is 20.2. The topological polar surface area (TPSA) is 80.5 Å². The zero-order chi connectivity index (χ0) is 24.3. The summed E-state index contributed by atoms with van der Waals surface area (Å²) in [5.41, 5.74) is 2.84. The fraction of sp³-hybridized carbons (Fsp3) is 0.400. The number of anilines is 1. The highest BCUT2D eigenvalue weighted by atomic mass is 35.5. The van der Waals surface area contributed by atoms with Gasteiger partial charge >= 0.3 is 5.97 Å². The quantitative estimate of drug-likeness (QED) is 0.448. The van der Waals surface area contributed by atoms with Crippen LogP contribution in [0, 0.1) is 11.7 Å². The van der Waals surface area contributed by atoms with Crippen molar-refractivity contribution in [1.29, 1.82) is 0 Å². The monoisotopic (exact) mass is 516 g/mol. The first kappa shape index (κ1) is 22.8. The highest BCUT2D eigenvalue weighted by Crippen LogP contribution is 2.44. The molecule has 3 fully saturated rings. The van der Waals surface area contributed by atoms with E-state index in [2.05, 4.69) is 15.2 Å². The normalized spacial score (nSPS) is 23.3. The van der Waals surface area contributed by atoms with Crippen LogP contribution in [0.1, 0.15) is 53.3 Å². The third kappa shape index (κ3) is 4.07. The molecule has 10 heteroatoms. The van der Waals surface area contributed by atoms with Crippen LogP contribution in [0.2, 0.25) is 10.0 Å². The summed E-state index contributed by atoms with van der Waals surface area (Å²) in [6, 6.07) is 9.92. The van der Waals surface area contributed by atoms with Crippen LogP contribution in [0.4, 0.5) is 10.1 Å². The third-order valence-corrected chi connectivity index (χ3v) is 7.94. The minimum absolute atomic E-state index is 0.0662. The first-order chi connectivity index (χ1) is 16.9. The summed E-state index contributed by atoms with van der Waals surface area (Å²) in [5.74, 6) is -1.28. The van der Waals surface area contributed by atoms with Crippen LogP contribution in [0.3, 0.4) is 0 Å². The fourth-order valence-corrected chi connectivity index (χ4v) is 6.02. The van der Waals surface area contributed by atoms with Gasteiger partial charge in [-0.15, -0.1) is 5.10 Å². The lowest BCUT2D eigenvalue weighted by Gasteiger charge is -2.33. The summed E-state index contributed by atoms with van der Waals surface area (Å²) < 4.78 is 22.4. The average molecular weight is 517 g/mol.